The largest absolute Gasteiger partial charge is 0.398 e. The van der Waals surface area contributed by atoms with E-state index < -0.39 is 0 Å². The van der Waals surface area contributed by atoms with Crippen molar-refractivity contribution in [3.63, 3.8) is 0 Å². The van der Waals surface area contributed by atoms with E-state index in [1.165, 1.54) is 12.8 Å². The van der Waals surface area contributed by atoms with Crippen molar-refractivity contribution in [2.24, 2.45) is 5.92 Å². The highest BCUT2D eigenvalue weighted by Crippen LogP contribution is 2.46. The summed E-state index contributed by atoms with van der Waals surface area (Å²) in [5.41, 5.74) is 8.80. The monoisotopic (exact) mass is 243 g/mol. The summed E-state index contributed by atoms with van der Waals surface area (Å²) in [6.45, 7) is 4.20. The molecular formula is C13H17N5. The Hall–Kier alpha value is -1.91. The minimum Gasteiger partial charge on any atom is -0.398 e. The smallest absolute Gasteiger partial charge is 0.182 e. The van der Waals surface area contributed by atoms with Crippen molar-refractivity contribution in [1.29, 1.82) is 0 Å². The molecule has 1 heterocycles. The van der Waals surface area contributed by atoms with Gasteiger partial charge < -0.3 is 5.73 Å². The molecule has 2 N–H and O–H groups in total. The lowest BCUT2D eigenvalue weighted by Crippen LogP contribution is -2.02. The molecular weight excluding hydrogens is 226 g/mol. The molecule has 0 bridgehead atoms. The molecule has 1 aromatic carbocycles. The number of hydrogen-bond acceptors (Lipinski definition) is 4. The predicted octanol–water partition coefficient (Wildman–Crippen LogP) is 2.20. The first kappa shape index (κ1) is 11.2. The van der Waals surface area contributed by atoms with Crippen LogP contribution in [0.25, 0.3) is 11.4 Å². The molecule has 0 radical (unpaired) electrons. The number of benzene rings is 1. The molecule has 1 saturated carbocycles. The number of hydrogen-bond donors (Lipinski definition) is 1. The average Bonchev–Trinajstić information content (AvgIpc) is 3.00. The maximum atomic E-state index is 5.94. The third-order valence-corrected chi connectivity index (χ3v) is 3.75. The average molecular weight is 243 g/mol. The highest BCUT2D eigenvalue weighted by Gasteiger charge is 2.39. The van der Waals surface area contributed by atoms with Crippen LogP contribution in [0.2, 0.25) is 0 Å². The van der Waals surface area contributed by atoms with Gasteiger partial charge in [-0.3, -0.25) is 0 Å². The van der Waals surface area contributed by atoms with Crippen LogP contribution in [-0.4, -0.2) is 20.2 Å². The quantitative estimate of drug-likeness (QED) is 0.839. The number of tetrazole rings is 1. The van der Waals surface area contributed by atoms with Crippen LogP contribution in [-0.2, 0) is 0 Å². The van der Waals surface area contributed by atoms with Gasteiger partial charge in [-0.05, 0) is 41.3 Å². The molecule has 2 aromatic rings. The highest BCUT2D eigenvalue weighted by molar-refractivity contribution is 5.63. The van der Waals surface area contributed by atoms with Crippen LogP contribution in [0.4, 0.5) is 5.69 Å². The van der Waals surface area contributed by atoms with Crippen molar-refractivity contribution >= 4 is 5.69 Å². The molecule has 5 nitrogen and oxygen atoms in total. The lowest BCUT2D eigenvalue weighted by molar-refractivity contribution is 0.563. The van der Waals surface area contributed by atoms with Crippen LogP contribution in [0.3, 0.4) is 0 Å². The van der Waals surface area contributed by atoms with Crippen LogP contribution in [0, 0.1) is 12.8 Å². The zero-order valence-corrected chi connectivity index (χ0v) is 10.7. The maximum absolute atomic E-state index is 5.94. The fraction of sp³-hybridized carbons (Fsp3) is 0.462. The minimum atomic E-state index is 0.461. The van der Waals surface area contributed by atoms with E-state index >= 15 is 0 Å². The fourth-order valence-electron chi connectivity index (χ4n) is 2.36. The summed E-state index contributed by atoms with van der Waals surface area (Å²) in [5.74, 6) is 1.54. The van der Waals surface area contributed by atoms with Crippen LogP contribution in [0.1, 0.15) is 31.4 Å². The van der Waals surface area contributed by atoms with E-state index in [1.54, 1.807) is 0 Å². The van der Waals surface area contributed by atoms with Crippen LogP contribution < -0.4 is 5.73 Å². The van der Waals surface area contributed by atoms with Crippen molar-refractivity contribution in [1.82, 2.24) is 20.2 Å². The van der Waals surface area contributed by atoms with E-state index in [0.717, 1.165) is 28.6 Å². The number of nitrogen functional groups attached to an aromatic ring is 1. The number of nitrogens with zero attached hydrogens (tertiary/aromatic N) is 4. The second-order valence-electron chi connectivity index (χ2n) is 4.99. The van der Waals surface area contributed by atoms with Gasteiger partial charge in [0.05, 0.1) is 6.04 Å². The van der Waals surface area contributed by atoms with Gasteiger partial charge in [0, 0.05) is 11.3 Å². The van der Waals surface area contributed by atoms with E-state index in [1.807, 2.05) is 29.8 Å². The SMILES string of the molecule is CCC1CC1n1nnnc1-c1ccc(C)c(N)c1. The van der Waals surface area contributed by atoms with Gasteiger partial charge in [0.2, 0.25) is 0 Å². The molecule has 0 aliphatic heterocycles. The third kappa shape index (κ3) is 1.75. The summed E-state index contributed by atoms with van der Waals surface area (Å²) < 4.78 is 1.94. The lowest BCUT2D eigenvalue weighted by Gasteiger charge is -2.06. The van der Waals surface area contributed by atoms with E-state index in [2.05, 4.69) is 22.4 Å². The van der Waals surface area contributed by atoms with Gasteiger partial charge in [-0.2, -0.15) is 0 Å². The van der Waals surface area contributed by atoms with Crippen molar-refractivity contribution in [3.8, 4) is 11.4 Å². The zero-order valence-electron chi connectivity index (χ0n) is 10.7. The number of anilines is 1. The Bertz CT molecular complexity index is 575. The molecule has 1 aromatic heterocycles. The molecule has 2 unspecified atom stereocenters. The predicted molar refractivity (Wildman–Crippen MR) is 69.8 cm³/mol. The van der Waals surface area contributed by atoms with Gasteiger partial charge >= 0.3 is 0 Å². The second kappa shape index (κ2) is 4.08. The number of aryl methyl sites for hydroxylation is 1. The Morgan fingerprint density at radius 3 is 2.94 bits per heavy atom. The normalized spacial score (nSPS) is 22.1. The van der Waals surface area contributed by atoms with Crippen molar-refractivity contribution in [2.75, 3.05) is 5.73 Å². The molecule has 0 saturated heterocycles. The Morgan fingerprint density at radius 1 is 1.44 bits per heavy atom. The second-order valence-corrected chi connectivity index (χ2v) is 4.99. The molecule has 1 fully saturated rings. The van der Waals surface area contributed by atoms with E-state index in [0.29, 0.717) is 6.04 Å². The van der Waals surface area contributed by atoms with Gasteiger partial charge in [-0.15, -0.1) is 5.10 Å². The number of rotatable bonds is 3. The lowest BCUT2D eigenvalue weighted by atomic mass is 10.1. The molecule has 0 amide bonds. The van der Waals surface area contributed by atoms with Gasteiger partial charge in [0.1, 0.15) is 0 Å². The first-order valence-corrected chi connectivity index (χ1v) is 6.35. The molecule has 94 valence electrons. The van der Waals surface area contributed by atoms with Crippen LogP contribution in [0.5, 0.6) is 0 Å². The first-order valence-electron chi connectivity index (χ1n) is 6.35. The van der Waals surface area contributed by atoms with E-state index in [-0.39, 0.29) is 0 Å². The molecule has 18 heavy (non-hydrogen) atoms. The highest BCUT2D eigenvalue weighted by atomic mass is 15.6. The zero-order chi connectivity index (χ0) is 12.7. The molecule has 1 aliphatic carbocycles. The summed E-state index contributed by atoms with van der Waals surface area (Å²) in [4.78, 5) is 0. The molecule has 0 spiro atoms. The van der Waals surface area contributed by atoms with Crippen molar-refractivity contribution in [2.45, 2.75) is 32.7 Å². The molecule has 3 rings (SSSR count). The summed E-state index contributed by atoms with van der Waals surface area (Å²) >= 11 is 0. The molecule has 1 aliphatic rings. The fourth-order valence-corrected chi connectivity index (χ4v) is 2.36. The van der Waals surface area contributed by atoms with E-state index in [4.69, 9.17) is 5.73 Å². The maximum Gasteiger partial charge on any atom is 0.182 e. The molecule has 5 heteroatoms. The van der Waals surface area contributed by atoms with Gasteiger partial charge in [0.25, 0.3) is 0 Å². The summed E-state index contributed by atoms with van der Waals surface area (Å²) in [5, 5.41) is 12.1. The Morgan fingerprint density at radius 2 is 2.28 bits per heavy atom. The Labute approximate surface area is 106 Å². The van der Waals surface area contributed by atoms with Crippen LogP contribution >= 0.6 is 0 Å². The summed E-state index contributed by atoms with van der Waals surface area (Å²) in [6.07, 6.45) is 2.36. The molecule has 2 atom stereocenters. The third-order valence-electron chi connectivity index (χ3n) is 3.75. The summed E-state index contributed by atoms with van der Waals surface area (Å²) in [6, 6.07) is 6.44. The minimum absolute atomic E-state index is 0.461. The van der Waals surface area contributed by atoms with Crippen molar-refractivity contribution < 1.29 is 0 Å². The van der Waals surface area contributed by atoms with Gasteiger partial charge in [-0.25, -0.2) is 4.68 Å². The van der Waals surface area contributed by atoms with Gasteiger partial charge in [-0.1, -0.05) is 25.5 Å². The van der Waals surface area contributed by atoms with Gasteiger partial charge in [0.15, 0.2) is 5.82 Å². The Kier molecular flexibility index (Phi) is 2.54. The topological polar surface area (TPSA) is 69.6 Å². The van der Waals surface area contributed by atoms with Crippen molar-refractivity contribution in [3.05, 3.63) is 23.8 Å². The number of nitrogens with two attached hydrogens (primary N) is 1. The first-order chi connectivity index (χ1) is 8.70. The summed E-state index contributed by atoms with van der Waals surface area (Å²) in [7, 11) is 0. The standard InChI is InChI=1S/C13H17N5/c1-3-9-7-12(9)18-13(15-16-17-18)10-5-4-8(2)11(14)6-10/h4-6,9,12H,3,7,14H2,1-2H3. The number of aromatic nitrogens is 4. The Balaban J connectivity index is 1.97. The van der Waals surface area contributed by atoms with E-state index in [9.17, 15) is 0 Å². The van der Waals surface area contributed by atoms with Crippen LogP contribution in [0.15, 0.2) is 18.2 Å².